The van der Waals surface area contributed by atoms with Crippen molar-refractivity contribution >= 4 is 5.91 Å². The molecule has 3 heteroatoms. The van der Waals surface area contributed by atoms with Crippen molar-refractivity contribution in [1.29, 1.82) is 0 Å². The Morgan fingerprint density at radius 1 is 1.20 bits per heavy atom. The molecule has 3 nitrogen and oxygen atoms in total. The lowest BCUT2D eigenvalue weighted by Crippen LogP contribution is -2.46. The predicted octanol–water partition coefficient (Wildman–Crippen LogP) is 1.04. The van der Waals surface area contributed by atoms with E-state index in [1.54, 1.807) is 0 Å². The molecule has 4 atom stereocenters. The number of rotatable bonds is 2. The lowest BCUT2D eigenvalue weighted by Gasteiger charge is -2.24. The lowest BCUT2D eigenvalue weighted by atomic mass is 9.95. The monoisotopic (exact) mass is 208 g/mol. The van der Waals surface area contributed by atoms with Crippen LogP contribution in [0.25, 0.3) is 0 Å². The summed E-state index contributed by atoms with van der Waals surface area (Å²) < 4.78 is 0. The maximum Gasteiger partial charge on any atom is 0.237 e. The summed E-state index contributed by atoms with van der Waals surface area (Å²) in [5.41, 5.74) is 0. The van der Waals surface area contributed by atoms with Crippen molar-refractivity contribution in [2.24, 2.45) is 11.8 Å². The minimum Gasteiger partial charge on any atom is -0.352 e. The summed E-state index contributed by atoms with van der Waals surface area (Å²) in [6.07, 6.45) is 7.51. The van der Waals surface area contributed by atoms with E-state index in [4.69, 9.17) is 0 Å². The molecule has 2 saturated carbocycles. The molecule has 1 heterocycles. The molecule has 2 N–H and O–H groups in total. The fraction of sp³-hybridized carbons (Fsp3) is 0.917. The van der Waals surface area contributed by atoms with Crippen LogP contribution in [0.4, 0.5) is 0 Å². The molecule has 2 aliphatic carbocycles. The van der Waals surface area contributed by atoms with Crippen LogP contribution in [0.2, 0.25) is 0 Å². The van der Waals surface area contributed by atoms with Crippen LogP contribution in [0.15, 0.2) is 0 Å². The quantitative estimate of drug-likeness (QED) is 0.712. The van der Waals surface area contributed by atoms with E-state index in [1.807, 2.05) is 0 Å². The fourth-order valence-corrected chi connectivity index (χ4v) is 3.61. The minimum absolute atomic E-state index is 0.101. The van der Waals surface area contributed by atoms with Crippen molar-refractivity contribution in [2.75, 3.05) is 6.54 Å². The predicted molar refractivity (Wildman–Crippen MR) is 58.4 cm³/mol. The first kappa shape index (κ1) is 9.64. The highest BCUT2D eigenvalue weighted by molar-refractivity contribution is 5.82. The Hall–Kier alpha value is -0.570. The average molecular weight is 208 g/mol. The third-order valence-electron chi connectivity index (χ3n) is 4.44. The van der Waals surface area contributed by atoms with Gasteiger partial charge in [-0.1, -0.05) is 6.42 Å². The smallest absolute Gasteiger partial charge is 0.237 e. The Bertz CT molecular complexity index is 260. The average Bonchev–Trinajstić information content (AvgIpc) is 2.95. The molecule has 0 spiro atoms. The zero-order valence-electron chi connectivity index (χ0n) is 9.17. The van der Waals surface area contributed by atoms with Gasteiger partial charge in [-0.05, 0) is 50.5 Å². The van der Waals surface area contributed by atoms with Crippen LogP contribution in [-0.4, -0.2) is 24.5 Å². The SMILES string of the molecule is O=C(NC1CC2CCC1C2)[C@@H]1CCCN1. The van der Waals surface area contributed by atoms with Gasteiger partial charge in [-0.15, -0.1) is 0 Å². The van der Waals surface area contributed by atoms with Gasteiger partial charge in [0.2, 0.25) is 5.91 Å². The van der Waals surface area contributed by atoms with Gasteiger partial charge >= 0.3 is 0 Å². The van der Waals surface area contributed by atoms with E-state index in [0.717, 1.165) is 31.2 Å². The summed E-state index contributed by atoms with van der Waals surface area (Å²) in [7, 11) is 0. The summed E-state index contributed by atoms with van der Waals surface area (Å²) in [5, 5.41) is 6.51. The van der Waals surface area contributed by atoms with Gasteiger partial charge in [-0.3, -0.25) is 4.79 Å². The Morgan fingerprint density at radius 2 is 2.13 bits per heavy atom. The second-order valence-electron chi connectivity index (χ2n) is 5.44. The molecule has 1 saturated heterocycles. The zero-order valence-corrected chi connectivity index (χ0v) is 9.17. The summed E-state index contributed by atoms with van der Waals surface area (Å²) in [5.74, 6) is 1.96. The fourth-order valence-electron chi connectivity index (χ4n) is 3.61. The Balaban J connectivity index is 1.54. The first-order valence-electron chi connectivity index (χ1n) is 6.36. The van der Waals surface area contributed by atoms with Crippen molar-refractivity contribution < 1.29 is 4.79 Å². The third kappa shape index (κ3) is 1.78. The van der Waals surface area contributed by atoms with E-state index in [9.17, 15) is 4.79 Å². The summed E-state index contributed by atoms with van der Waals surface area (Å²) in [4.78, 5) is 11.9. The highest BCUT2D eigenvalue weighted by atomic mass is 16.2. The number of amides is 1. The van der Waals surface area contributed by atoms with Crippen molar-refractivity contribution in [1.82, 2.24) is 10.6 Å². The molecule has 1 aliphatic heterocycles. The van der Waals surface area contributed by atoms with Crippen LogP contribution in [-0.2, 0) is 4.79 Å². The van der Waals surface area contributed by atoms with E-state index in [1.165, 1.54) is 25.7 Å². The Kier molecular flexibility index (Phi) is 2.43. The van der Waals surface area contributed by atoms with Gasteiger partial charge in [0.05, 0.1) is 6.04 Å². The molecule has 3 fully saturated rings. The second kappa shape index (κ2) is 3.78. The Morgan fingerprint density at radius 3 is 2.73 bits per heavy atom. The first-order chi connectivity index (χ1) is 7.33. The maximum absolute atomic E-state index is 11.9. The van der Waals surface area contributed by atoms with Crippen molar-refractivity contribution in [3.05, 3.63) is 0 Å². The van der Waals surface area contributed by atoms with E-state index in [2.05, 4.69) is 10.6 Å². The van der Waals surface area contributed by atoms with Crippen molar-refractivity contribution in [2.45, 2.75) is 50.6 Å². The number of carbonyl (C=O) groups excluding carboxylic acids is 1. The number of carbonyl (C=O) groups is 1. The number of fused-ring (bicyclic) bond motifs is 2. The lowest BCUT2D eigenvalue weighted by molar-refractivity contribution is -0.123. The van der Waals surface area contributed by atoms with Gasteiger partial charge < -0.3 is 10.6 Å². The van der Waals surface area contributed by atoms with E-state index >= 15 is 0 Å². The molecular weight excluding hydrogens is 188 g/mol. The first-order valence-corrected chi connectivity index (χ1v) is 6.36. The molecule has 1 amide bonds. The minimum atomic E-state index is 0.101. The summed E-state index contributed by atoms with van der Waals surface area (Å²) in [6.45, 7) is 1.01. The molecule has 0 radical (unpaired) electrons. The van der Waals surface area contributed by atoms with Gasteiger partial charge in [0, 0.05) is 6.04 Å². The standard InChI is InChI=1S/C12H20N2O/c15-12(10-2-1-5-13-10)14-11-7-8-3-4-9(11)6-8/h8-11,13H,1-7H2,(H,14,15)/t8?,9?,10-,11?/m0/s1. The molecule has 84 valence electrons. The third-order valence-corrected chi connectivity index (χ3v) is 4.44. The van der Waals surface area contributed by atoms with Crippen LogP contribution >= 0.6 is 0 Å². The van der Waals surface area contributed by atoms with Crippen LogP contribution in [0, 0.1) is 11.8 Å². The topological polar surface area (TPSA) is 41.1 Å². The van der Waals surface area contributed by atoms with Crippen molar-refractivity contribution in [3.63, 3.8) is 0 Å². The zero-order chi connectivity index (χ0) is 10.3. The van der Waals surface area contributed by atoms with Gasteiger partial charge in [-0.25, -0.2) is 0 Å². The molecule has 3 rings (SSSR count). The Labute approximate surface area is 91.0 Å². The van der Waals surface area contributed by atoms with E-state index < -0.39 is 0 Å². The number of hydrogen-bond donors (Lipinski definition) is 2. The number of nitrogens with one attached hydrogen (secondary N) is 2. The highest BCUT2D eigenvalue weighted by Crippen LogP contribution is 2.44. The van der Waals surface area contributed by atoms with Crippen molar-refractivity contribution in [3.8, 4) is 0 Å². The molecule has 0 aromatic rings. The number of hydrogen-bond acceptors (Lipinski definition) is 2. The molecule has 15 heavy (non-hydrogen) atoms. The van der Waals surface area contributed by atoms with E-state index in [-0.39, 0.29) is 11.9 Å². The van der Waals surface area contributed by atoms with Crippen LogP contribution in [0.3, 0.4) is 0 Å². The van der Waals surface area contributed by atoms with Gasteiger partial charge in [0.1, 0.15) is 0 Å². The van der Waals surface area contributed by atoms with E-state index in [0.29, 0.717) is 6.04 Å². The van der Waals surface area contributed by atoms with Gasteiger partial charge in [0.25, 0.3) is 0 Å². The highest BCUT2D eigenvalue weighted by Gasteiger charge is 2.40. The second-order valence-corrected chi connectivity index (χ2v) is 5.44. The van der Waals surface area contributed by atoms with Gasteiger partial charge in [0.15, 0.2) is 0 Å². The molecule has 3 aliphatic rings. The molecule has 0 aromatic carbocycles. The normalized spacial score (nSPS) is 43.5. The largest absolute Gasteiger partial charge is 0.352 e. The van der Waals surface area contributed by atoms with Crippen LogP contribution in [0.5, 0.6) is 0 Å². The molecule has 0 aromatic heterocycles. The van der Waals surface area contributed by atoms with Crippen LogP contribution < -0.4 is 10.6 Å². The maximum atomic E-state index is 11.9. The summed E-state index contributed by atoms with van der Waals surface area (Å²) in [6, 6.07) is 0.600. The van der Waals surface area contributed by atoms with Crippen LogP contribution in [0.1, 0.15) is 38.5 Å². The molecular formula is C12H20N2O. The molecule has 2 bridgehead atoms. The molecule has 3 unspecified atom stereocenters. The van der Waals surface area contributed by atoms with Gasteiger partial charge in [-0.2, -0.15) is 0 Å². The summed E-state index contributed by atoms with van der Waals surface area (Å²) >= 11 is 0.